The molecule has 0 bridgehead atoms. The second-order valence-corrected chi connectivity index (χ2v) is 36.4. The quantitative estimate of drug-likeness (QED) is 0.0960. The fraction of sp³-hybridized carbons (Fsp3) is 0.0635. The molecule has 662 valence electrons. The van der Waals surface area contributed by atoms with Gasteiger partial charge in [-0.3, -0.25) is 0 Å². The number of halogens is 6. The molecule has 0 saturated carbocycles. The molecule has 24 aromatic rings. The number of aryl methyl sites for hydroxylation is 6. The Balaban J connectivity index is 0.695. The maximum atomic E-state index is 17.5. The van der Waals surface area contributed by atoms with Crippen LogP contribution in [0, 0.1) is 41.5 Å². The summed E-state index contributed by atoms with van der Waals surface area (Å²) in [5.74, 6) is 0. The van der Waals surface area contributed by atoms with Gasteiger partial charge in [0.1, 0.15) is 0 Å². The van der Waals surface area contributed by atoms with Crippen molar-refractivity contribution in [2.24, 2.45) is 0 Å². The molecule has 0 amide bonds. The number of fused-ring (bicyclic) bond motifs is 12. The number of alkyl halides is 6. The van der Waals surface area contributed by atoms with Crippen LogP contribution in [0.3, 0.4) is 0 Å². The predicted octanol–water partition coefficient (Wildman–Crippen LogP) is 35.1. The molecule has 0 aliphatic heterocycles. The van der Waals surface area contributed by atoms with Crippen LogP contribution in [0.1, 0.15) is 44.5 Å². The van der Waals surface area contributed by atoms with Crippen molar-refractivity contribution in [3.63, 3.8) is 0 Å². The van der Waals surface area contributed by atoms with Crippen molar-refractivity contribution in [3.05, 3.63) is 457 Å². The lowest BCUT2D eigenvalue weighted by Gasteiger charge is -2.22. The SMILES string of the molecule is Cc1ccccc1-c1ccc2c(c1)c1ccccc1n2-c1cc(C(F)(F)F)c(-n2c3ccc(-c4ccccc4C)cc3c3ccc(-c4ccc(-c5ccc6c(c5)c5cc(-c7ccccc7C)ccc5n6-c5cc(-c6cccc(-c7ccccc7)n6)c(-n6c7ccc(-c8ccccc8C)cc7c7cc(-c8ccccc8C)ccc76)cc5C(F)(F)F)c(C)c4)cc32)cc1-c1cccc(-c2ccccc2)n1. The van der Waals surface area contributed by atoms with Gasteiger partial charge in [0.05, 0.1) is 101 Å². The Hall–Kier alpha value is -17.0. The molecule has 0 saturated heterocycles. The first kappa shape index (κ1) is 84.1. The number of rotatable bonds is 15. The van der Waals surface area contributed by atoms with Gasteiger partial charge in [-0.25, -0.2) is 9.97 Å². The number of nitrogens with zero attached hydrogens (tertiary/aromatic N) is 6. The summed E-state index contributed by atoms with van der Waals surface area (Å²) in [6.07, 6.45) is -9.84. The topological polar surface area (TPSA) is 45.5 Å². The zero-order valence-electron chi connectivity index (χ0n) is 76.2. The fourth-order valence-corrected chi connectivity index (χ4v) is 21.4. The van der Waals surface area contributed by atoms with E-state index in [1.807, 2.05) is 265 Å². The number of benzene rings is 18. The maximum Gasteiger partial charge on any atom is 0.418 e. The number of hydrogen-bond acceptors (Lipinski definition) is 2. The molecule has 6 nitrogen and oxygen atoms in total. The van der Waals surface area contributed by atoms with E-state index in [1.165, 1.54) is 12.1 Å². The van der Waals surface area contributed by atoms with Crippen LogP contribution in [-0.2, 0) is 12.4 Å². The third-order valence-electron chi connectivity index (χ3n) is 28.1. The van der Waals surface area contributed by atoms with E-state index in [0.29, 0.717) is 67.3 Å². The van der Waals surface area contributed by atoms with Gasteiger partial charge >= 0.3 is 12.4 Å². The van der Waals surface area contributed by atoms with Crippen LogP contribution in [0.15, 0.2) is 413 Å². The summed E-state index contributed by atoms with van der Waals surface area (Å²) in [4.78, 5) is 10.8. The summed E-state index contributed by atoms with van der Waals surface area (Å²) in [5, 5.41) is 6.50. The van der Waals surface area contributed by atoms with Gasteiger partial charge in [-0.1, -0.05) is 279 Å². The van der Waals surface area contributed by atoms with Crippen LogP contribution in [-0.4, -0.2) is 28.2 Å². The van der Waals surface area contributed by atoms with E-state index in [0.717, 1.165) is 188 Å². The number of aromatic nitrogens is 6. The molecule has 0 radical (unpaired) electrons. The highest BCUT2D eigenvalue weighted by atomic mass is 19.4. The normalized spacial score (nSPS) is 12.1. The average molecular weight is 1800 g/mol. The van der Waals surface area contributed by atoms with E-state index in [1.54, 1.807) is 21.3 Å². The van der Waals surface area contributed by atoms with Crippen molar-refractivity contribution in [2.75, 3.05) is 0 Å². The zero-order chi connectivity index (χ0) is 93.7. The van der Waals surface area contributed by atoms with Crippen LogP contribution >= 0.6 is 0 Å². The Morgan fingerprint density at radius 3 is 0.783 bits per heavy atom. The number of pyridine rings is 2. The molecule has 18 aromatic carbocycles. The molecule has 0 atom stereocenters. The fourth-order valence-electron chi connectivity index (χ4n) is 21.4. The van der Waals surface area contributed by atoms with Crippen molar-refractivity contribution in [3.8, 4) is 146 Å². The van der Waals surface area contributed by atoms with Crippen molar-refractivity contribution in [2.45, 2.75) is 53.9 Å². The first-order valence-corrected chi connectivity index (χ1v) is 46.4. The molecule has 12 heteroatoms. The molecular weight excluding hydrogens is 1710 g/mol. The third kappa shape index (κ3) is 14.3. The summed E-state index contributed by atoms with van der Waals surface area (Å²) in [5.41, 5.74) is 28.2. The molecule has 0 spiro atoms. The highest BCUT2D eigenvalue weighted by molar-refractivity contribution is 6.17. The first-order valence-electron chi connectivity index (χ1n) is 46.4. The maximum absolute atomic E-state index is 17.5. The van der Waals surface area contributed by atoms with Gasteiger partial charge in [0, 0.05) is 65.3 Å². The van der Waals surface area contributed by atoms with Crippen LogP contribution in [0.2, 0.25) is 0 Å². The monoisotopic (exact) mass is 1800 g/mol. The molecule has 0 N–H and O–H groups in total. The van der Waals surface area contributed by atoms with Gasteiger partial charge < -0.3 is 18.3 Å². The molecule has 24 rings (SSSR count). The molecule has 0 fully saturated rings. The van der Waals surface area contributed by atoms with Crippen molar-refractivity contribution < 1.29 is 26.3 Å². The van der Waals surface area contributed by atoms with Crippen molar-refractivity contribution in [1.29, 1.82) is 0 Å². The third-order valence-corrected chi connectivity index (χ3v) is 28.1. The standard InChI is InChI=1S/C126H86F6N6/c1-75-27-13-18-36-91(75)85-49-57-114-99(64-85)97-41-23-24-46-113(97)135(114)121-74-108(126(130,131)132)124(72-106(121)112-45-26-43-110(134-112)82-34-11-8-12-35-82)138-115-58-50-86(92-37-19-14-28-76(92)2)65-100(115)98-56-48-84(70-120(98)138)83-47-55-96(80(6)63-83)90-54-62-119-104(69-90)103-68-89(95-40-22-17-31-79(95)5)53-61-118(103)137(119)123-71-105(111-44-25-42-109(133-111)81-32-9-7-10-33-81)122(73-107(123)125(127,128)129)136-116-59-51-87(93-38-20-15-29-77(93)3)66-101(116)102-67-88(52-60-117(102)136)94-39-21-16-30-78(94)4/h7-74H,1-6H3. The van der Waals surface area contributed by atoms with Crippen LogP contribution in [0.5, 0.6) is 0 Å². The minimum absolute atomic E-state index is 0.0796. The van der Waals surface area contributed by atoms with E-state index < -0.39 is 23.5 Å². The Labute approximate surface area is 793 Å². The Kier molecular flexibility index (Phi) is 20.1. The zero-order valence-corrected chi connectivity index (χ0v) is 76.2. The predicted molar refractivity (Wildman–Crippen MR) is 558 cm³/mol. The second-order valence-electron chi connectivity index (χ2n) is 36.4. The minimum Gasteiger partial charge on any atom is -0.309 e. The molecule has 0 unspecified atom stereocenters. The molecule has 0 aliphatic rings. The van der Waals surface area contributed by atoms with Gasteiger partial charge in [-0.05, 0) is 286 Å². The highest BCUT2D eigenvalue weighted by Gasteiger charge is 2.40. The Bertz CT molecular complexity index is 9030. The molecule has 138 heavy (non-hydrogen) atoms. The lowest BCUT2D eigenvalue weighted by atomic mass is 9.94. The summed E-state index contributed by atoms with van der Waals surface area (Å²) < 4.78 is 112. The van der Waals surface area contributed by atoms with E-state index in [-0.39, 0.29) is 11.4 Å². The Morgan fingerprint density at radius 1 is 0.167 bits per heavy atom. The summed E-state index contributed by atoms with van der Waals surface area (Å²) in [6, 6.07) is 136. The van der Waals surface area contributed by atoms with Crippen LogP contribution in [0.4, 0.5) is 26.3 Å². The van der Waals surface area contributed by atoms with Crippen LogP contribution in [0.25, 0.3) is 233 Å². The van der Waals surface area contributed by atoms with Crippen LogP contribution < -0.4 is 0 Å². The van der Waals surface area contributed by atoms with Crippen molar-refractivity contribution >= 4 is 87.2 Å². The first-order chi connectivity index (χ1) is 67.2. The lowest BCUT2D eigenvalue weighted by molar-refractivity contribution is -0.138. The van der Waals surface area contributed by atoms with E-state index in [9.17, 15) is 0 Å². The largest absolute Gasteiger partial charge is 0.418 e. The molecular formula is C126H86F6N6. The second kappa shape index (κ2) is 33.0. The number of hydrogen-bond donors (Lipinski definition) is 0. The minimum atomic E-state index is -4.93. The summed E-state index contributed by atoms with van der Waals surface area (Å²) >= 11 is 0. The van der Waals surface area contributed by atoms with E-state index in [2.05, 4.69) is 174 Å². The van der Waals surface area contributed by atoms with Gasteiger partial charge in [0.15, 0.2) is 0 Å². The number of para-hydroxylation sites is 1. The van der Waals surface area contributed by atoms with Gasteiger partial charge in [-0.2, -0.15) is 26.3 Å². The summed E-state index contributed by atoms with van der Waals surface area (Å²) in [6.45, 7) is 12.4. The van der Waals surface area contributed by atoms with Gasteiger partial charge in [0.25, 0.3) is 0 Å². The van der Waals surface area contributed by atoms with Gasteiger partial charge in [-0.15, -0.1) is 0 Å². The Morgan fingerprint density at radius 2 is 0.435 bits per heavy atom. The average Bonchev–Trinajstić information content (AvgIpc) is 1.55. The van der Waals surface area contributed by atoms with Gasteiger partial charge in [0.2, 0.25) is 0 Å². The van der Waals surface area contributed by atoms with E-state index in [4.69, 9.17) is 9.97 Å². The van der Waals surface area contributed by atoms with Crippen molar-refractivity contribution in [1.82, 2.24) is 28.2 Å². The summed E-state index contributed by atoms with van der Waals surface area (Å²) in [7, 11) is 0. The van der Waals surface area contributed by atoms with E-state index >= 15 is 26.3 Å². The lowest BCUT2D eigenvalue weighted by Crippen LogP contribution is -2.13. The highest BCUT2D eigenvalue weighted by Crippen LogP contribution is 2.52. The molecule has 6 aromatic heterocycles. The smallest absolute Gasteiger partial charge is 0.309 e. The molecule has 6 heterocycles. The molecule has 0 aliphatic carbocycles.